The standard InChI is InChI=1S/C14H24N4/c1-11(2)13-5-6-14(16-15-13)18-9-7-17(8-10-18)12(3)4/h5-6,11-12H,7-10H2,1-4H3. The van der Waals surface area contributed by atoms with Crippen LogP contribution in [0.3, 0.4) is 0 Å². The number of anilines is 1. The molecule has 18 heavy (non-hydrogen) atoms. The first kappa shape index (κ1) is 13.3. The molecule has 0 atom stereocenters. The molecular weight excluding hydrogens is 224 g/mol. The molecule has 1 saturated heterocycles. The van der Waals surface area contributed by atoms with Crippen LogP contribution in [0.15, 0.2) is 12.1 Å². The summed E-state index contributed by atoms with van der Waals surface area (Å²) >= 11 is 0. The Kier molecular flexibility index (Phi) is 4.17. The maximum atomic E-state index is 4.35. The summed E-state index contributed by atoms with van der Waals surface area (Å²) in [5.74, 6) is 1.46. The van der Waals surface area contributed by atoms with Gasteiger partial charge in [-0.15, -0.1) is 5.10 Å². The van der Waals surface area contributed by atoms with Crippen LogP contribution in [-0.4, -0.2) is 47.3 Å². The van der Waals surface area contributed by atoms with Gasteiger partial charge in [0.2, 0.25) is 0 Å². The van der Waals surface area contributed by atoms with Crippen LogP contribution in [0.1, 0.15) is 39.3 Å². The Morgan fingerprint density at radius 3 is 2.06 bits per heavy atom. The molecule has 4 heteroatoms. The third-order valence-corrected chi connectivity index (χ3v) is 3.63. The zero-order valence-electron chi connectivity index (χ0n) is 11.9. The van der Waals surface area contributed by atoms with E-state index in [4.69, 9.17) is 0 Å². The van der Waals surface area contributed by atoms with E-state index in [0.29, 0.717) is 12.0 Å². The Bertz CT molecular complexity index is 364. The molecule has 1 aliphatic rings. The minimum absolute atomic E-state index is 0.448. The molecule has 4 nitrogen and oxygen atoms in total. The van der Waals surface area contributed by atoms with E-state index >= 15 is 0 Å². The summed E-state index contributed by atoms with van der Waals surface area (Å²) in [4.78, 5) is 4.84. The summed E-state index contributed by atoms with van der Waals surface area (Å²) in [7, 11) is 0. The fraction of sp³-hybridized carbons (Fsp3) is 0.714. The quantitative estimate of drug-likeness (QED) is 0.820. The molecule has 1 aromatic heterocycles. The lowest BCUT2D eigenvalue weighted by Gasteiger charge is -2.37. The van der Waals surface area contributed by atoms with E-state index in [1.54, 1.807) is 0 Å². The topological polar surface area (TPSA) is 32.3 Å². The summed E-state index contributed by atoms with van der Waals surface area (Å²) in [6.45, 7) is 13.1. The van der Waals surface area contributed by atoms with Gasteiger partial charge in [0.05, 0.1) is 5.69 Å². The van der Waals surface area contributed by atoms with E-state index in [2.05, 4.69) is 59.8 Å². The van der Waals surface area contributed by atoms with Gasteiger partial charge in [0, 0.05) is 32.2 Å². The molecule has 2 rings (SSSR count). The average molecular weight is 248 g/mol. The van der Waals surface area contributed by atoms with Crippen molar-refractivity contribution in [3.05, 3.63) is 17.8 Å². The van der Waals surface area contributed by atoms with Gasteiger partial charge in [-0.2, -0.15) is 5.10 Å². The third-order valence-electron chi connectivity index (χ3n) is 3.63. The van der Waals surface area contributed by atoms with Crippen LogP contribution in [-0.2, 0) is 0 Å². The van der Waals surface area contributed by atoms with Gasteiger partial charge in [-0.05, 0) is 31.9 Å². The van der Waals surface area contributed by atoms with E-state index in [9.17, 15) is 0 Å². The zero-order chi connectivity index (χ0) is 13.1. The second kappa shape index (κ2) is 5.65. The smallest absolute Gasteiger partial charge is 0.151 e. The van der Waals surface area contributed by atoms with Crippen molar-refractivity contribution in [1.29, 1.82) is 0 Å². The number of rotatable bonds is 3. The largest absolute Gasteiger partial charge is 0.353 e. The molecular formula is C14H24N4. The van der Waals surface area contributed by atoms with Gasteiger partial charge in [-0.3, -0.25) is 4.90 Å². The highest BCUT2D eigenvalue weighted by molar-refractivity contribution is 5.38. The Hall–Kier alpha value is -1.16. The summed E-state index contributed by atoms with van der Waals surface area (Å²) in [5.41, 5.74) is 1.07. The zero-order valence-corrected chi connectivity index (χ0v) is 11.9. The summed E-state index contributed by atoms with van der Waals surface area (Å²) < 4.78 is 0. The van der Waals surface area contributed by atoms with Crippen LogP contribution in [0.25, 0.3) is 0 Å². The normalized spacial score (nSPS) is 17.8. The predicted molar refractivity (Wildman–Crippen MR) is 75.0 cm³/mol. The summed E-state index contributed by atoms with van der Waals surface area (Å²) in [5, 5.41) is 8.65. The molecule has 0 amide bonds. The lowest BCUT2D eigenvalue weighted by molar-refractivity contribution is 0.209. The molecule has 0 bridgehead atoms. The lowest BCUT2D eigenvalue weighted by Crippen LogP contribution is -2.49. The van der Waals surface area contributed by atoms with Gasteiger partial charge in [0.1, 0.15) is 0 Å². The minimum atomic E-state index is 0.448. The number of hydrogen-bond donors (Lipinski definition) is 0. The van der Waals surface area contributed by atoms with Gasteiger partial charge in [-0.25, -0.2) is 0 Å². The summed E-state index contributed by atoms with van der Waals surface area (Å²) in [6.07, 6.45) is 0. The molecule has 0 radical (unpaired) electrons. The molecule has 0 spiro atoms. The second-order valence-electron chi connectivity index (χ2n) is 5.59. The van der Waals surface area contributed by atoms with Crippen LogP contribution in [0.2, 0.25) is 0 Å². The predicted octanol–water partition coefficient (Wildman–Crippen LogP) is 2.13. The number of piperazine rings is 1. The van der Waals surface area contributed by atoms with Crippen molar-refractivity contribution in [2.45, 2.75) is 39.7 Å². The van der Waals surface area contributed by atoms with Crippen molar-refractivity contribution >= 4 is 5.82 Å². The van der Waals surface area contributed by atoms with Gasteiger partial charge in [0.15, 0.2) is 5.82 Å². The first-order valence-corrected chi connectivity index (χ1v) is 6.90. The first-order valence-electron chi connectivity index (χ1n) is 6.90. The Labute approximate surface area is 110 Å². The van der Waals surface area contributed by atoms with Crippen molar-refractivity contribution < 1.29 is 0 Å². The molecule has 0 N–H and O–H groups in total. The number of hydrogen-bond acceptors (Lipinski definition) is 4. The second-order valence-corrected chi connectivity index (χ2v) is 5.59. The van der Waals surface area contributed by atoms with E-state index in [-0.39, 0.29) is 0 Å². The van der Waals surface area contributed by atoms with Crippen LogP contribution in [0, 0.1) is 0 Å². The van der Waals surface area contributed by atoms with Crippen molar-refractivity contribution in [1.82, 2.24) is 15.1 Å². The third kappa shape index (κ3) is 2.99. The maximum Gasteiger partial charge on any atom is 0.151 e. The van der Waals surface area contributed by atoms with E-state index in [1.165, 1.54) is 0 Å². The molecule has 2 heterocycles. The SMILES string of the molecule is CC(C)c1ccc(N2CCN(C(C)C)CC2)nn1. The lowest BCUT2D eigenvalue weighted by atomic mass is 10.1. The van der Waals surface area contributed by atoms with Gasteiger partial charge in [0.25, 0.3) is 0 Å². The highest BCUT2D eigenvalue weighted by Crippen LogP contribution is 2.16. The monoisotopic (exact) mass is 248 g/mol. The Morgan fingerprint density at radius 2 is 1.61 bits per heavy atom. The Balaban J connectivity index is 1.97. The molecule has 1 aromatic rings. The van der Waals surface area contributed by atoms with E-state index in [0.717, 1.165) is 37.7 Å². The molecule has 1 fully saturated rings. The van der Waals surface area contributed by atoms with Crippen molar-refractivity contribution in [3.63, 3.8) is 0 Å². The fourth-order valence-electron chi connectivity index (χ4n) is 2.28. The van der Waals surface area contributed by atoms with Gasteiger partial charge in [-0.1, -0.05) is 13.8 Å². The van der Waals surface area contributed by atoms with Crippen LogP contribution < -0.4 is 4.90 Å². The Morgan fingerprint density at radius 1 is 0.944 bits per heavy atom. The van der Waals surface area contributed by atoms with Crippen LogP contribution in [0.5, 0.6) is 0 Å². The minimum Gasteiger partial charge on any atom is -0.353 e. The highest BCUT2D eigenvalue weighted by Gasteiger charge is 2.19. The van der Waals surface area contributed by atoms with Crippen LogP contribution >= 0.6 is 0 Å². The summed E-state index contributed by atoms with van der Waals surface area (Å²) in [6, 6.07) is 4.84. The molecule has 0 aliphatic carbocycles. The van der Waals surface area contributed by atoms with Crippen molar-refractivity contribution in [3.8, 4) is 0 Å². The first-order chi connectivity index (χ1) is 8.58. The molecule has 100 valence electrons. The van der Waals surface area contributed by atoms with Gasteiger partial charge >= 0.3 is 0 Å². The van der Waals surface area contributed by atoms with Crippen molar-refractivity contribution in [2.75, 3.05) is 31.1 Å². The van der Waals surface area contributed by atoms with E-state index < -0.39 is 0 Å². The fourth-order valence-corrected chi connectivity index (χ4v) is 2.28. The maximum absolute atomic E-state index is 4.35. The molecule has 0 unspecified atom stereocenters. The number of aromatic nitrogens is 2. The highest BCUT2D eigenvalue weighted by atomic mass is 15.3. The van der Waals surface area contributed by atoms with Crippen LogP contribution in [0.4, 0.5) is 5.82 Å². The molecule has 0 saturated carbocycles. The van der Waals surface area contributed by atoms with Gasteiger partial charge < -0.3 is 4.90 Å². The average Bonchev–Trinajstić information content (AvgIpc) is 2.39. The van der Waals surface area contributed by atoms with Crippen molar-refractivity contribution in [2.24, 2.45) is 0 Å². The molecule has 1 aliphatic heterocycles. The number of nitrogens with zero attached hydrogens (tertiary/aromatic N) is 4. The van der Waals surface area contributed by atoms with E-state index in [1.807, 2.05) is 0 Å². The molecule has 0 aromatic carbocycles.